The molecule has 0 aliphatic carbocycles. The quantitative estimate of drug-likeness (QED) is 0.626. The molecule has 3 heterocycles. The van der Waals surface area contributed by atoms with E-state index in [4.69, 9.17) is 10.5 Å². The normalized spacial score (nSPS) is 28.3. The van der Waals surface area contributed by atoms with E-state index in [-0.39, 0.29) is 12.5 Å². The molecule has 0 saturated carbocycles. The van der Waals surface area contributed by atoms with Gasteiger partial charge in [-0.25, -0.2) is 4.79 Å². The van der Waals surface area contributed by atoms with Crippen LogP contribution in [0.1, 0.15) is 38.6 Å². The Morgan fingerprint density at radius 3 is 2.69 bits per heavy atom. The smallest absolute Gasteiger partial charge is 0.328 e. The minimum atomic E-state index is -1.18. The molecule has 3 rings (SSSR count). The molecule has 0 radical (unpaired) electrons. The molecule has 144 valence electrons. The van der Waals surface area contributed by atoms with Crippen LogP contribution in [0.5, 0.6) is 0 Å². The summed E-state index contributed by atoms with van der Waals surface area (Å²) in [5.74, 6) is 0.0441. The van der Waals surface area contributed by atoms with Crippen molar-refractivity contribution in [1.29, 1.82) is 0 Å². The van der Waals surface area contributed by atoms with Crippen LogP contribution in [-0.2, 0) is 9.53 Å². The molecule has 2 aliphatic rings. The number of aromatic amines is 1. The molecule has 2 saturated heterocycles. The lowest BCUT2D eigenvalue weighted by Gasteiger charge is -2.51. The number of aromatic nitrogens is 2. The van der Waals surface area contributed by atoms with Crippen molar-refractivity contribution in [3.8, 4) is 0 Å². The van der Waals surface area contributed by atoms with Gasteiger partial charge in [0.25, 0.3) is 5.56 Å². The van der Waals surface area contributed by atoms with Crippen molar-refractivity contribution in [2.24, 2.45) is 5.73 Å². The first-order chi connectivity index (χ1) is 12.3. The summed E-state index contributed by atoms with van der Waals surface area (Å²) in [6, 6.07) is 0.665. The first-order valence-corrected chi connectivity index (χ1v) is 8.92. The molecule has 0 bridgehead atoms. The topological polar surface area (TPSA) is 131 Å². The predicted octanol–water partition coefficient (Wildman–Crippen LogP) is -1.04. The lowest BCUT2D eigenvalue weighted by molar-refractivity contribution is -0.198. The van der Waals surface area contributed by atoms with Crippen LogP contribution in [0.4, 0.5) is 0 Å². The number of likely N-dealkylation sites (tertiary alicyclic amines) is 1. The van der Waals surface area contributed by atoms with Crippen LogP contribution >= 0.6 is 0 Å². The van der Waals surface area contributed by atoms with Crippen LogP contribution in [-0.4, -0.2) is 62.9 Å². The van der Waals surface area contributed by atoms with Crippen LogP contribution in [0.15, 0.2) is 21.9 Å². The van der Waals surface area contributed by atoms with Gasteiger partial charge in [-0.1, -0.05) is 0 Å². The summed E-state index contributed by atoms with van der Waals surface area (Å²) >= 11 is 0. The van der Waals surface area contributed by atoms with E-state index in [1.54, 1.807) is 11.8 Å². The summed E-state index contributed by atoms with van der Waals surface area (Å²) in [7, 11) is 0. The van der Waals surface area contributed by atoms with Crippen molar-refractivity contribution in [2.75, 3.05) is 26.2 Å². The molecule has 9 nitrogen and oxygen atoms in total. The Hall–Kier alpha value is -1.97. The summed E-state index contributed by atoms with van der Waals surface area (Å²) in [4.78, 5) is 39.3. The standard InChI is InChI=1S/C17H26N4O5/c1-16(25)11-17(4-8-20(9-5-17)14(23)2-6-18)26-10-12(16)21-7-3-13(22)19-15(21)24/h3,7,12,25H,2,4-6,8-11,18H2,1H3,(H,19,22,24)/t12-,16-/m0/s1. The average Bonchev–Trinajstić information content (AvgIpc) is 2.56. The molecule has 4 N–H and O–H groups in total. The summed E-state index contributed by atoms with van der Waals surface area (Å²) in [6.45, 7) is 3.32. The van der Waals surface area contributed by atoms with Crippen LogP contribution in [0.3, 0.4) is 0 Å². The number of amides is 1. The molecule has 2 aliphatic heterocycles. The molecular weight excluding hydrogens is 340 g/mol. The van der Waals surface area contributed by atoms with Gasteiger partial charge >= 0.3 is 5.69 Å². The highest BCUT2D eigenvalue weighted by Gasteiger charge is 2.50. The van der Waals surface area contributed by atoms with Gasteiger partial charge in [0.1, 0.15) is 0 Å². The maximum atomic E-state index is 12.1. The van der Waals surface area contributed by atoms with Gasteiger partial charge in [-0.05, 0) is 19.8 Å². The second-order valence-electron chi connectivity index (χ2n) is 7.48. The fourth-order valence-electron chi connectivity index (χ4n) is 4.08. The molecule has 1 amide bonds. The van der Waals surface area contributed by atoms with Crippen molar-refractivity contribution >= 4 is 5.91 Å². The van der Waals surface area contributed by atoms with E-state index in [2.05, 4.69) is 4.98 Å². The van der Waals surface area contributed by atoms with E-state index in [1.165, 1.54) is 16.8 Å². The largest absolute Gasteiger partial charge is 0.388 e. The second kappa shape index (κ2) is 6.98. The Kier molecular flexibility index (Phi) is 5.05. The predicted molar refractivity (Wildman–Crippen MR) is 93.8 cm³/mol. The Morgan fingerprint density at radius 2 is 2.12 bits per heavy atom. The Morgan fingerprint density at radius 1 is 1.42 bits per heavy atom. The van der Waals surface area contributed by atoms with Gasteiger partial charge in [0, 0.05) is 44.7 Å². The minimum Gasteiger partial charge on any atom is -0.388 e. The van der Waals surface area contributed by atoms with Gasteiger partial charge in [-0.15, -0.1) is 0 Å². The molecule has 0 aromatic carbocycles. The fraction of sp³-hybridized carbons (Fsp3) is 0.706. The fourth-order valence-corrected chi connectivity index (χ4v) is 4.08. The Labute approximate surface area is 150 Å². The van der Waals surface area contributed by atoms with E-state index >= 15 is 0 Å². The lowest BCUT2D eigenvalue weighted by Crippen LogP contribution is -2.59. The number of carbonyl (C=O) groups is 1. The number of carbonyl (C=O) groups excluding carboxylic acids is 1. The zero-order valence-corrected chi connectivity index (χ0v) is 14.9. The molecule has 0 unspecified atom stereocenters. The molecule has 26 heavy (non-hydrogen) atoms. The maximum Gasteiger partial charge on any atom is 0.328 e. The first-order valence-electron chi connectivity index (χ1n) is 8.92. The van der Waals surface area contributed by atoms with E-state index in [1.807, 2.05) is 0 Å². The number of nitrogens with one attached hydrogen (secondary N) is 1. The Bertz CT molecular complexity index is 776. The van der Waals surface area contributed by atoms with Gasteiger partial charge in [0.15, 0.2) is 0 Å². The summed E-state index contributed by atoms with van der Waals surface area (Å²) in [5, 5.41) is 11.0. The molecule has 1 aromatic heterocycles. The number of piperidine rings is 1. The molecule has 9 heteroatoms. The molecule has 1 aromatic rings. The third kappa shape index (κ3) is 3.60. The van der Waals surface area contributed by atoms with E-state index in [9.17, 15) is 19.5 Å². The Balaban J connectivity index is 1.72. The molecule has 2 atom stereocenters. The number of aliphatic hydroxyl groups is 1. The van der Waals surface area contributed by atoms with Crippen LogP contribution in [0.25, 0.3) is 0 Å². The number of rotatable bonds is 3. The van der Waals surface area contributed by atoms with Crippen LogP contribution in [0, 0.1) is 0 Å². The van der Waals surface area contributed by atoms with Crippen LogP contribution in [0.2, 0.25) is 0 Å². The zero-order chi connectivity index (χ0) is 18.9. The maximum absolute atomic E-state index is 12.1. The molecule has 1 spiro atoms. The second-order valence-corrected chi connectivity index (χ2v) is 7.48. The SMILES string of the molecule is C[C@]1(O)CC2(CCN(C(=O)CCN)CC2)OC[C@@H]1n1ccc(=O)[nH]c1=O. The third-order valence-corrected chi connectivity index (χ3v) is 5.52. The molecule has 2 fully saturated rings. The summed E-state index contributed by atoms with van der Waals surface area (Å²) in [6.07, 6.45) is 3.34. The summed E-state index contributed by atoms with van der Waals surface area (Å²) < 4.78 is 7.42. The number of hydrogen-bond acceptors (Lipinski definition) is 6. The number of nitrogens with zero attached hydrogens (tertiary/aromatic N) is 2. The number of nitrogens with two attached hydrogens (primary N) is 1. The van der Waals surface area contributed by atoms with Crippen LogP contribution < -0.4 is 17.0 Å². The average molecular weight is 366 g/mol. The van der Waals surface area contributed by atoms with Crippen molar-refractivity contribution in [1.82, 2.24) is 14.5 Å². The number of H-pyrrole nitrogens is 1. The highest BCUT2D eigenvalue weighted by molar-refractivity contribution is 5.76. The van der Waals surface area contributed by atoms with E-state index < -0.39 is 28.5 Å². The highest BCUT2D eigenvalue weighted by atomic mass is 16.5. The van der Waals surface area contributed by atoms with Gasteiger partial charge in [0.05, 0.1) is 23.9 Å². The van der Waals surface area contributed by atoms with Gasteiger partial charge in [0.2, 0.25) is 5.91 Å². The zero-order valence-electron chi connectivity index (χ0n) is 14.9. The number of hydrogen-bond donors (Lipinski definition) is 3. The molecular formula is C17H26N4O5. The van der Waals surface area contributed by atoms with Gasteiger partial charge in [-0.3, -0.25) is 19.1 Å². The van der Waals surface area contributed by atoms with Crippen molar-refractivity contribution in [2.45, 2.75) is 49.9 Å². The minimum absolute atomic E-state index is 0.0441. The van der Waals surface area contributed by atoms with E-state index in [0.29, 0.717) is 45.3 Å². The monoisotopic (exact) mass is 366 g/mol. The van der Waals surface area contributed by atoms with Crippen molar-refractivity contribution < 1.29 is 14.6 Å². The van der Waals surface area contributed by atoms with Gasteiger partial charge in [-0.2, -0.15) is 0 Å². The van der Waals surface area contributed by atoms with E-state index in [0.717, 1.165) is 0 Å². The summed E-state index contributed by atoms with van der Waals surface area (Å²) in [5.41, 5.74) is 2.72. The van der Waals surface area contributed by atoms with Crippen molar-refractivity contribution in [3.05, 3.63) is 33.1 Å². The third-order valence-electron chi connectivity index (χ3n) is 5.52. The number of ether oxygens (including phenoxy) is 1. The lowest BCUT2D eigenvalue weighted by atomic mass is 9.75. The highest BCUT2D eigenvalue weighted by Crippen LogP contribution is 2.43. The van der Waals surface area contributed by atoms with Gasteiger partial charge < -0.3 is 20.5 Å². The van der Waals surface area contributed by atoms with Crippen molar-refractivity contribution in [3.63, 3.8) is 0 Å². The first kappa shape index (κ1) is 18.8.